The van der Waals surface area contributed by atoms with Gasteiger partial charge in [0.25, 0.3) is 0 Å². The Morgan fingerprint density at radius 1 is 1.22 bits per heavy atom. The third-order valence-electron chi connectivity index (χ3n) is 3.07. The van der Waals surface area contributed by atoms with Gasteiger partial charge < -0.3 is 4.74 Å². The predicted molar refractivity (Wildman–Crippen MR) is 60.4 cm³/mol. The number of hydrogen-bond donors (Lipinski definition) is 0. The molecule has 100 valence electrons. The van der Waals surface area contributed by atoms with Crippen molar-refractivity contribution in [1.82, 2.24) is 0 Å². The maximum absolute atomic E-state index is 12.1. The molecule has 0 N–H and O–H groups in total. The summed E-state index contributed by atoms with van der Waals surface area (Å²) < 4.78 is 46.1. The van der Waals surface area contributed by atoms with Crippen molar-refractivity contribution >= 4 is 0 Å². The van der Waals surface area contributed by atoms with Gasteiger partial charge >= 0.3 is 6.36 Å². The first-order valence-electron chi connectivity index (χ1n) is 5.77. The zero-order valence-corrected chi connectivity index (χ0v) is 10.3. The number of benzene rings is 1. The Morgan fingerprint density at radius 2 is 1.83 bits per heavy atom. The van der Waals surface area contributed by atoms with Crippen LogP contribution in [-0.4, -0.2) is 18.1 Å². The van der Waals surface area contributed by atoms with Gasteiger partial charge in [-0.1, -0.05) is 18.2 Å². The van der Waals surface area contributed by atoms with Crippen LogP contribution < -0.4 is 4.74 Å². The highest BCUT2D eigenvalue weighted by Gasteiger charge is 2.50. The smallest absolute Gasteiger partial charge is 0.490 e. The topological polar surface area (TPSA) is 18.5 Å². The molecule has 0 spiro atoms. The minimum atomic E-state index is -4.58. The Kier molecular flexibility index (Phi) is 3.27. The molecule has 0 heterocycles. The van der Waals surface area contributed by atoms with Gasteiger partial charge in [0, 0.05) is 12.8 Å². The molecule has 5 heteroatoms. The van der Waals surface area contributed by atoms with Crippen molar-refractivity contribution in [3.8, 4) is 5.75 Å². The third kappa shape index (κ3) is 3.16. The van der Waals surface area contributed by atoms with E-state index in [9.17, 15) is 13.2 Å². The standard InChI is InChI=1S/C13H15F3O2/c1-9-5-3-4-6-11(9)17-10-7-12(2,8-10)18-13(14,15)16/h3-6,10H,7-8H2,1-2H3. The fraction of sp³-hybridized carbons (Fsp3) is 0.538. The number of alkyl halides is 3. The molecular formula is C13H15F3O2. The highest BCUT2D eigenvalue weighted by atomic mass is 19.4. The lowest BCUT2D eigenvalue weighted by Gasteiger charge is -2.44. The second-order valence-electron chi connectivity index (χ2n) is 4.91. The number of aryl methyl sites for hydroxylation is 1. The second-order valence-corrected chi connectivity index (χ2v) is 4.91. The minimum absolute atomic E-state index is 0.210. The molecule has 2 rings (SSSR count). The normalized spacial score (nSPS) is 27.7. The number of halogens is 3. The van der Waals surface area contributed by atoms with Crippen LogP contribution in [0.15, 0.2) is 24.3 Å². The van der Waals surface area contributed by atoms with E-state index in [0.29, 0.717) is 0 Å². The molecular weight excluding hydrogens is 245 g/mol. The predicted octanol–water partition coefficient (Wildman–Crippen LogP) is 3.83. The van der Waals surface area contributed by atoms with Crippen LogP contribution in [0, 0.1) is 6.92 Å². The summed E-state index contributed by atoms with van der Waals surface area (Å²) in [6.07, 6.45) is -4.29. The quantitative estimate of drug-likeness (QED) is 0.822. The zero-order chi connectivity index (χ0) is 13.4. The highest BCUT2D eigenvalue weighted by molar-refractivity contribution is 5.32. The van der Waals surface area contributed by atoms with Gasteiger partial charge in [-0.2, -0.15) is 0 Å². The van der Waals surface area contributed by atoms with E-state index in [1.165, 1.54) is 6.92 Å². The molecule has 1 aromatic carbocycles. The summed E-state index contributed by atoms with van der Waals surface area (Å²) >= 11 is 0. The molecule has 1 saturated carbocycles. The van der Waals surface area contributed by atoms with Crippen LogP contribution in [0.3, 0.4) is 0 Å². The van der Waals surface area contributed by atoms with E-state index in [0.717, 1.165) is 11.3 Å². The first-order valence-corrected chi connectivity index (χ1v) is 5.77. The average Bonchev–Trinajstić information content (AvgIpc) is 2.16. The monoisotopic (exact) mass is 260 g/mol. The van der Waals surface area contributed by atoms with E-state index in [4.69, 9.17) is 4.74 Å². The van der Waals surface area contributed by atoms with Crippen LogP contribution >= 0.6 is 0 Å². The molecule has 0 aromatic heterocycles. The van der Waals surface area contributed by atoms with Crippen LogP contribution in [0.25, 0.3) is 0 Å². The number of para-hydroxylation sites is 1. The maximum atomic E-state index is 12.1. The van der Waals surface area contributed by atoms with E-state index in [1.807, 2.05) is 31.2 Å². The van der Waals surface area contributed by atoms with Gasteiger partial charge in [-0.25, -0.2) is 0 Å². The van der Waals surface area contributed by atoms with E-state index >= 15 is 0 Å². The number of hydrogen-bond acceptors (Lipinski definition) is 2. The van der Waals surface area contributed by atoms with Crippen molar-refractivity contribution in [1.29, 1.82) is 0 Å². The molecule has 2 nitrogen and oxygen atoms in total. The fourth-order valence-corrected chi connectivity index (χ4v) is 2.22. The van der Waals surface area contributed by atoms with Gasteiger partial charge in [-0.15, -0.1) is 13.2 Å². The SMILES string of the molecule is Cc1ccccc1OC1CC(C)(OC(F)(F)F)C1. The molecule has 0 unspecified atom stereocenters. The van der Waals surface area contributed by atoms with Crippen molar-refractivity contribution in [2.75, 3.05) is 0 Å². The number of ether oxygens (including phenoxy) is 2. The fourth-order valence-electron chi connectivity index (χ4n) is 2.22. The molecule has 0 atom stereocenters. The summed E-state index contributed by atoms with van der Waals surface area (Å²) in [4.78, 5) is 0. The van der Waals surface area contributed by atoms with Gasteiger partial charge in [0.15, 0.2) is 0 Å². The lowest BCUT2D eigenvalue weighted by molar-refractivity contribution is -0.381. The molecule has 0 radical (unpaired) electrons. The van der Waals surface area contributed by atoms with Crippen molar-refractivity contribution in [2.24, 2.45) is 0 Å². The number of rotatable bonds is 3. The molecule has 18 heavy (non-hydrogen) atoms. The zero-order valence-electron chi connectivity index (χ0n) is 10.3. The lowest BCUT2D eigenvalue weighted by Crippen LogP contribution is -2.51. The van der Waals surface area contributed by atoms with Gasteiger partial charge in [-0.3, -0.25) is 4.74 Å². The lowest BCUT2D eigenvalue weighted by atomic mass is 9.79. The van der Waals surface area contributed by atoms with Crippen LogP contribution in [0.2, 0.25) is 0 Å². The van der Waals surface area contributed by atoms with Crippen LogP contribution in [0.5, 0.6) is 5.75 Å². The first-order chi connectivity index (χ1) is 8.27. The van der Waals surface area contributed by atoms with Crippen LogP contribution in [0.1, 0.15) is 25.3 Å². The van der Waals surface area contributed by atoms with Crippen LogP contribution in [-0.2, 0) is 4.74 Å². The summed E-state index contributed by atoms with van der Waals surface area (Å²) in [6, 6.07) is 7.45. The van der Waals surface area contributed by atoms with Gasteiger partial charge in [-0.05, 0) is 25.5 Å². The second kappa shape index (κ2) is 4.46. The highest BCUT2D eigenvalue weighted by Crippen LogP contribution is 2.42. The van der Waals surface area contributed by atoms with E-state index in [2.05, 4.69) is 4.74 Å². The molecule has 1 aromatic rings. The minimum Gasteiger partial charge on any atom is -0.490 e. The van der Waals surface area contributed by atoms with Gasteiger partial charge in [0.1, 0.15) is 11.9 Å². The van der Waals surface area contributed by atoms with E-state index in [-0.39, 0.29) is 18.9 Å². The van der Waals surface area contributed by atoms with Crippen molar-refractivity contribution < 1.29 is 22.6 Å². The summed E-state index contributed by atoms with van der Waals surface area (Å²) in [5.74, 6) is 0.719. The Morgan fingerprint density at radius 3 is 2.39 bits per heavy atom. The van der Waals surface area contributed by atoms with Crippen LogP contribution in [0.4, 0.5) is 13.2 Å². The van der Waals surface area contributed by atoms with Crippen molar-refractivity contribution in [3.63, 3.8) is 0 Å². The average molecular weight is 260 g/mol. The van der Waals surface area contributed by atoms with Gasteiger partial charge in [0.2, 0.25) is 0 Å². The van der Waals surface area contributed by atoms with Gasteiger partial charge in [0.05, 0.1) is 5.60 Å². The molecule has 0 bridgehead atoms. The van der Waals surface area contributed by atoms with E-state index < -0.39 is 12.0 Å². The largest absolute Gasteiger partial charge is 0.523 e. The molecule has 1 aliphatic rings. The molecule has 0 saturated heterocycles. The molecule has 1 fully saturated rings. The summed E-state index contributed by atoms with van der Waals surface area (Å²) in [5.41, 5.74) is -0.172. The third-order valence-corrected chi connectivity index (χ3v) is 3.07. The Bertz CT molecular complexity index is 422. The summed E-state index contributed by atoms with van der Waals surface area (Å²) in [5, 5.41) is 0. The first kappa shape index (κ1) is 13.2. The summed E-state index contributed by atoms with van der Waals surface area (Å²) in [7, 11) is 0. The van der Waals surface area contributed by atoms with Crippen molar-refractivity contribution in [3.05, 3.63) is 29.8 Å². The molecule has 1 aliphatic carbocycles. The van der Waals surface area contributed by atoms with E-state index in [1.54, 1.807) is 0 Å². The molecule has 0 aliphatic heterocycles. The molecule has 0 amide bonds. The van der Waals surface area contributed by atoms with Crippen molar-refractivity contribution in [2.45, 2.75) is 44.8 Å². The Balaban J connectivity index is 1.88. The Hall–Kier alpha value is -1.23. The Labute approximate surface area is 104 Å². The maximum Gasteiger partial charge on any atom is 0.523 e. The summed E-state index contributed by atoms with van der Waals surface area (Å²) in [6.45, 7) is 3.36.